The van der Waals surface area contributed by atoms with Crippen LogP contribution in [0, 0.1) is 0 Å². The van der Waals surface area contributed by atoms with Gasteiger partial charge in [-0.15, -0.1) is 0 Å². The van der Waals surface area contributed by atoms with Crippen molar-refractivity contribution < 1.29 is 13.9 Å². The third kappa shape index (κ3) is 3.05. The second-order valence-corrected chi connectivity index (χ2v) is 12.7. The molecule has 0 aromatic heterocycles. The van der Waals surface area contributed by atoms with Gasteiger partial charge in [0, 0.05) is 12.8 Å². The summed E-state index contributed by atoms with van der Waals surface area (Å²) < 4.78 is 18.6. The summed E-state index contributed by atoms with van der Waals surface area (Å²) in [4.78, 5) is 0. The SMILES string of the molecule is CC(C)(C)[Si](O[C@H]1C[C@@H]2OCO[C@@H]2C1)(c1ccccc1)c1ccccc1. The van der Waals surface area contributed by atoms with E-state index >= 15 is 0 Å². The molecular formula is C22H28O3Si. The van der Waals surface area contributed by atoms with Crippen LogP contribution in [-0.2, 0) is 13.9 Å². The second kappa shape index (κ2) is 6.93. The zero-order chi connectivity index (χ0) is 18.2. The molecule has 138 valence electrons. The van der Waals surface area contributed by atoms with E-state index in [4.69, 9.17) is 13.9 Å². The average Bonchev–Trinajstić information content (AvgIpc) is 3.21. The minimum atomic E-state index is -2.47. The first-order valence-corrected chi connectivity index (χ1v) is 11.4. The normalized spacial score (nSPS) is 26.0. The molecule has 2 aromatic rings. The van der Waals surface area contributed by atoms with Crippen molar-refractivity contribution in [2.75, 3.05) is 6.79 Å². The van der Waals surface area contributed by atoms with E-state index in [0.717, 1.165) is 12.8 Å². The Hall–Kier alpha value is -1.46. The van der Waals surface area contributed by atoms with Gasteiger partial charge in [0.1, 0.15) is 6.79 Å². The molecule has 1 saturated carbocycles. The summed E-state index contributed by atoms with van der Waals surface area (Å²) in [6.45, 7) is 7.40. The minimum Gasteiger partial charge on any atom is -0.404 e. The molecule has 1 saturated heterocycles. The third-order valence-corrected chi connectivity index (χ3v) is 10.8. The fourth-order valence-corrected chi connectivity index (χ4v) is 9.23. The quantitative estimate of drug-likeness (QED) is 0.774. The molecule has 0 radical (unpaired) electrons. The topological polar surface area (TPSA) is 27.7 Å². The van der Waals surface area contributed by atoms with E-state index in [-0.39, 0.29) is 23.4 Å². The van der Waals surface area contributed by atoms with Gasteiger partial charge in [-0.05, 0) is 15.4 Å². The Labute approximate surface area is 157 Å². The van der Waals surface area contributed by atoms with Crippen LogP contribution in [0.5, 0.6) is 0 Å². The number of hydrogen-bond acceptors (Lipinski definition) is 3. The van der Waals surface area contributed by atoms with Gasteiger partial charge in [0.25, 0.3) is 8.32 Å². The Kier molecular flexibility index (Phi) is 4.78. The Balaban J connectivity index is 1.78. The molecule has 3 nitrogen and oxygen atoms in total. The Morgan fingerprint density at radius 3 is 1.69 bits per heavy atom. The van der Waals surface area contributed by atoms with Crippen LogP contribution in [0.15, 0.2) is 60.7 Å². The summed E-state index contributed by atoms with van der Waals surface area (Å²) in [5.74, 6) is 0. The summed E-state index contributed by atoms with van der Waals surface area (Å²) in [6.07, 6.45) is 2.41. The summed E-state index contributed by atoms with van der Waals surface area (Å²) in [5.41, 5.74) is 0. The Bertz CT molecular complexity index is 675. The highest BCUT2D eigenvalue weighted by atomic mass is 28.4. The van der Waals surface area contributed by atoms with E-state index in [1.54, 1.807) is 0 Å². The van der Waals surface area contributed by atoms with E-state index < -0.39 is 8.32 Å². The van der Waals surface area contributed by atoms with Gasteiger partial charge >= 0.3 is 0 Å². The highest BCUT2D eigenvalue weighted by Gasteiger charge is 2.53. The van der Waals surface area contributed by atoms with Crippen molar-refractivity contribution in [2.24, 2.45) is 0 Å². The summed E-state index contributed by atoms with van der Waals surface area (Å²) in [5, 5.41) is 2.67. The lowest BCUT2D eigenvalue weighted by Gasteiger charge is -2.44. The molecule has 0 N–H and O–H groups in total. The number of hydrogen-bond donors (Lipinski definition) is 0. The maximum Gasteiger partial charge on any atom is 0.261 e. The van der Waals surface area contributed by atoms with Crippen LogP contribution < -0.4 is 10.4 Å². The first-order chi connectivity index (χ1) is 12.5. The van der Waals surface area contributed by atoms with Gasteiger partial charge in [-0.25, -0.2) is 0 Å². The third-order valence-electron chi connectivity index (χ3n) is 5.73. The van der Waals surface area contributed by atoms with E-state index in [9.17, 15) is 0 Å². The van der Waals surface area contributed by atoms with Crippen molar-refractivity contribution >= 4 is 18.7 Å². The highest BCUT2D eigenvalue weighted by molar-refractivity contribution is 6.99. The fraction of sp³-hybridized carbons (Fsp3) is 0.455. The Morgan fingerprint density at radius 1 is 0.808 bits per heavy atom. The molecule has 0 amide bonds. The van der Waals surface area contributed by atoms with Crippen LogP contribution in [0.25, 0.3) is 0 Å². The van der Waals surface area contributed by atoms with Gasteiger partial charge < -0.3 is 13.9 Å². The van der Waals surface area contributed by atoms with E-state index in [1.165, 1.54) is 10.4 Å². The molecule has 2 aliphatic rings. The lowest BCUT2D eigenvalue weighted by atomic mass is 10.2. The summed E-state index contributed by atoms with van der Waals surface area (Å²) >= 11 is 0. The summed E-state index contributed by atoms with van der Waals surface area (Å²) in [6, 6.07) is 21.7. The van der Waals surface area contributed by atoms with Gasteiger partial charge in [0.05, 0.1) is 18.3 Å². The lowest BCUT2D eigenvalue weighted by molar-refractivity contribution is 0.0109. The molecule has 1 heterocycles. The molecule has 4 rings (SSSR count). The molecule has 2 aromatic carbocycles. The van der Waals surface area contributed by atoms with Gasteiger partial charge in [0.2, 0.25) is 0 Å². The zero-order valence-corrected chi connectivity index (χ0v) is 16.9. The van der Waals surface area contributed by atoms with Crippen molar-refractivity contribution in [3.8, 4) is 0 Å². The maximum atomic E-state index is 7.15. The average molecular weight is 369 g/mol. The molecule has 0 unspecified atom stereocenters. The van der Waals surface area contributed by atoms with Crippen molar-refractivity contribution in [3.05, 3.63) is 60.7 Å². The molecule has 0 bridgehead atoms. The fourth-order valence-electron chi connectivity index (χ4n) is 4.52. The number of fused-ring (bicyclic) bond motifs is 1. The molecule has 0 spiro atoms. The van der Waals surface area contributed by atoms with E-state index in [0.29, 0.717) is 6.79 Å². The number of benzene rings is 2. The first kappa shape index (κ1) is 17.9. The van der Waals surface area contributed by atoms with Gasteiger partial charge in [-0.2, -0.15) is 0 Å². The molecule has 4 heteroatoms. The smallest absolute Gasteiger partial charge is 0.261 e. The lowest BCUT2D eigenvalue weighted by Crippen LogP contribution is -2.67. The zero-order valence-electron chi connectivity index (χ0n) is 15.9. The van der Waals surface area contributed by atoms with Gasteiger partial charge in [0.15, 0.2) is 0 Å². The van der Waals surface area contributed by atoms with Gasteiger partial charge in [-0.3, -0.25) is 0 Å². The van der Waals surface area contributed by atoms with Crippen molar-refractivity contribution in [1.29, 1.82) is 0 Å². The van der Waals surface area contributed by atoms with Crippen LogP contribution in [0.4, 0.5) is 0 Å². The first-order valence-electron chi connectivity index (χ1n) is 9.53. The van der Waals surface area contributed by atoms with Crippen LogP contribution >= 0.6 is 0 Å². The Morgan fingerprint density at radius 2 is 1.27 bits per heavy atom. The number of rotatable bonds is 4. The maximum absolute atomic E-state index is 7.15. The predicted octanol–water partition coefficient (Wildman–Crippen LogP) is 3.47. The number of ether oxygens (including phenoxy) is 2. The minimum absolute atomic E-state index is 0.00905. The molecule has 1 aliphatic heterocycles. The van der Waals surface area contributed by atoms with Crippen LogP contribution in [0.1, 0.15) is 33.6 Å². The standard InChI is InChI=1S/C22H28O3Si/c1-22(2,3)26(18-10-6-4-7-11-18,19-12-8-5-9-13-19)25-17-14-20-21(15-17)24-16-23-20/h4-13,17,20-21H,14-16H2,1-3H3/t17-,20-,21+. The predicted molar refractivity (Wildman–Crippen MR) is 106 cm³/mol. The molecule has 1 aliphatic carbocycles. The van der Waals surface area contributed by atoms with Gasteiger partial charge in [-0.1, -0.05) is 81.4 Å². The van der Waals surface area contributed by atoms with E-state index in [2.05, 4.69) is 81.4 Å². The van der Waals surface area contributed by atoms with Crippen molar-refractivity contribution in [2.45, 2.75) is 57.0 Å². The second-order valence-electron chi connectivity index (χ2n) is 8.40. The molecular weight excluding hydrogens is 340 g/mol. The molecule has 2 fully saturated rings. The van der Waals surface area contributed by atoms with Crippen LogP contribution in [0.3, 0.4) is 0 Å². The van der Waals surface area contributed by atoms with Crippen LogP contribution in [0.2, 0.25) is 5.04 Å². The molecule has 3 atom stereocenters. The van der Waals surface area contributed by atoms with Crippen molar-refractivity contribution in [3.63, 3.8) is 0 Å². The highest BCUT2D eigenvalue weighted by Crippen LogP contribution is 2.41. The summed E-state index contributed by atoms with van der Waals surface area (Å²) in [7, 11) is -2.47. The monoisotopic (exact) mass is 368 g/mol. The largest absolute Gasteiger partial charge is 0.404 e. The van der Waals surface area contributed by atoms with Crippen molar-refractivity contribution in [1.82, 2.24) is 0 Å². The molecule has 26 heavy (non-hydrogen) atoms. The van der Waals surface area contributed by atoms with E-state index in [1.807, 2.05) is 0 Å². The van der Waals surface area contributed by atoms with Crippen LogP contribution in [-0.4, -0.2) is 33.4 Å².